The van der Waals surface area contributed by atoms with E-state index in [1.165, 1.54) is 16.4 Å². The lowest BCUT2D eigenvalue weighted by Gasteiger charge is -2.30. The summed E-state index contributed by atoms with van der Waals surface area (Å²) in [7, 11) is -3.57. The van der Waals surface area contributed by atoms with Crippen LogP contribution in [0.25, 0.3) is 0 Å². The van der Waals surface area contributed by atoms with Gasteiger partial charge in [0.15, 0.2) is 0 Å². The molecule has 1 aliphatic heterocycles. The Bertz CT molecular complexity index is 744. The Balaban J connectivity index is 1.75. The van der Waals surface area contributed by atoms with Gasteiger partial charge in [-0.3, -0.25) is 9.59 Å². The molecule has 1 aromatic carbocycles. The predicted molar refractivity (Wildman–Crippen MR) is 102 cm³/mol. The van der Waals surface area contributed by atoms with Gasteiger partial charge in [0.25, 0.3) is 0 Å². The molecule has 7 nitrogen and oxygen atoms in total. The molecule has 27 heavy (non-hydrogen) atoms. The summed E-state index contributed by atoms with van der Waals surface area (Å²) in [4.78, 5) is 22.8. The van der Waals surface area contributed by atoms with Crippen LogP contribution in [0.4, 0.5) is 0 Å². The number of carboxylic acids is 1. The summed E-state index contributed by atoms with van der Waals surface area (Å²) in [6.45, 7) is 1.13. The van der Waals surface area contributed by atoms with Gasteiger partial charge in [-0.25, -0.2) is 8.42 Å². The molecular formula is C18H25ClN2O5S. The Morgan fingerprint density at radius 3 is 2.33 bits per heavy atom. The van der Waals surface area contributed by atoms with Crippen LogP contribution < -0.4 is 5.32 Å². The summed E-state index contributed by atoms with van der Waals surface area (Å²) < 4.78 is 26.7. The van der Waals surface area contributed by atoms with Gasteiger partial charge < -0.3 is 10.4 Å². The number of hydrogen-bond donors (Lipinski definition) is 2. The van der Waals surface area contributed by atoms with Gasteiger partial charge in [0.2, 0.25) is 15.9 Å². The summed E-state index contributed by atoms with van der Waals surface area (Å²) in [5.41, 5.74) is 0. The molecule has 0 aliphatic carbocycles. The zero-order chi connectivity index (χ0) is 19.9. The maximum atomic E-state index is 12.6. The average Bonchev–Trinajstić information content (AvgIpc) is 2.64. The molecular weight excluding hydrogens is 392 g/mol. The van der Waals surface area contributed by atoms with E-state index < -0.39 is 16.0 Å². The average molecular weight is 417 g/mol. The van der Waals surface area contributed by atoms with Crippen LogP contribution in [0.1, 0.15) is 38.5 Å². The summed E-state index contributed by atoms with van der Waals surface area (Å²) in [5, 5.41) is 11.9. The van der Waals surface area contributed by atoms with Crippen LogP contribution in [-0.4, -0.2) is 49.3 Å². The maximum absolute atomic E-state index is 12.6. The topological polar surface area (TPSA) is 104 Å². The molecule has 1 heterocycles. The SMILES string of the molecule is O=C(O)CCCCCNC(=O)C1CCN(S(=O)(=O)c2ccc(Cl)cc2)CC1. The molecule has 2 N–H and O–H groups in total. The lowest BCUT2D eigenvalue weighted by Crippen LogP contribution is -2.43. The number of benzene rings is 1. The number of halogens is 1. The fourth-order valence-electron chi connectivity index (χ4n) is 3.05. The smallest absolute Gasteiger partial charge is 0.303 e. The van der Waals surface area contributed by atoms with E-state index in [9.17, 15) is 18.0 Å². The number of nitrogens with one attached hydrogen (secondary N) is 1. The Labute approximate surface area is 164 Å². The highest BCUT2D eigenvalue weighted by molar-refractivity contribution is 7.89. The molecule has 1 fully saturated rings. The zero-order valence-electron chi connectivity index (χ0n) is 15.1. The minimum absolute atomic E-state index is 0.0585. The van der Waals surface area contributed by atoms with Crippen LogP contribution in [0.3, 0.4) is 0 Å². The number of aliphatic carboxylic acids is 1. The molecule has 1 amide bonds. The first-order valence-electron chi connectivity index (χ1n) is 9.06. The molecule has 0 saturated carbocycles. The van der Waals surface area contributed by atoms with Gasteiger partial charge >= 0.3 is 5.97 Å². The molecule has 0 atom stereocenters. The van der Waals surface area contributed by atoms with Crippen molar-refractivity contribution in [2.45, 2.75) is 43.4 Å². The minimum Gasteiger partial charge on any atom is -0.481 e. The highest BCUT2D eigenvalue weighted by atomic mass is 35.5. The molecule has 1 aromatic rings. The largest absolute Gasteiger partial charge is 0.481 e. The Hall–Kier alpha value is -1.64. The van der Waals surface area contributed by atoms with Crippen molar-refractivity contribution < 1.29 is 23.1 Å². The van der Waals surface area contributed by atoms with Gasteiger partial charge in [-0.05, 0) is 49.9 Å². The molecule has 0 aromatic heterocycles. The van der Waals surface area contributed by atoms with Crippen molar-refractivity contribution in [1.82, 2.24) is 9.62 Å². The van der Waals surface area contributed by atoms with Crippen LogP contribution in [0, 0.1) is 5.92 Å². The number of nitrogens with zero attached hydrogens (tertiary/aromatic N) is 1. The summed E-state index contributed by atoms with van der Waals surface area (Å²) in [5.74, 6) is -1.06. The van der Waals surface area contributed by atoms with E-state index in [-0.39, 0.29) is 23.1 Å². The fourth-order valence-corrected chi connectivity index (χ4v) is 4.64. The van der Waals surface area contributed by atoms with E-state index in [0.717, 1.165) is 12.8 Å². The second-order valence-corrected chi connectivity index (χ2v) is 9.00. The first-order chi connectivity index (χ1) is 12.8. The molecule has 150 valence electrons. The van der Waals surface area contributed by atoms with E-state index in [4.69, 9.17) is 16.7 Å². The molecule has 1 aliphatic rings. The van der Waals surface area contributed by atoms with Crippen LogP contribution in [0.2, 0.25) is 5.02 Å². The van der Waals surface area contributed by atoms with E-state index in [2.05, 4.69) is 5.32 Å². The van der Waals surface area contributed by atoms with Gasteiger partial charge in [-0.1, -0.05) is 18.0 Å². The number of sulfonamides is 1. The third-order valence-corrected chi connectivity index (χ3v) is 6.81. The number of piperidine rings is 1. The molecule has 0 bridgehead atoms. The Morgan fingerprint density at radius 2 is 1.74 bits per heavy atom. The zero-order valence-corrected chi connectivity index (χ0v) is 16.6. The van der Waals surface area contributed by atoms with Crippen molar-refractivity contribution in [2.24, 2.45) is 5.92 Å². The van der Waals surface area contributed by atoms with E-state index >= 15 is 0 Å². The molecule has 0 unspecified atom stereocenters. The predicted octanol–water partition coefficient (Wildman–Crippen LogP) is 2.50. The van der Waals surface area contributed by atoms with Crippen molar-refractivity contribution in [1.29, 1.82) is 0 Å². The number of unbranched alkanes of at least 4 members (excludes halogenated alkanes) is 2. The van der Waals surface area contributed by atoms with Crippen molar-refractivity contribution in [3.05, 3.63) is 29.3 Å². The maximum Gasteiger partial charge on any atom is 0.303 e. The number of carbonyl (C=O) groups is 2. The highest BCUT2D eigenvalue weighted by Gasteiger charge is 2.31. The number of carboxylic acid groups (broad SMARTS) is 1. The van der Waals surface area contributed by atoms with Gasteiger partial charge in [0.05, 0.1) is 4.90 Å². The first-order valence-corrected chi connectivity index (χ1v) is 10.9. The lowest BCUT2D eigenvalue weighted by atomic mass is 9.97. The van der Waals surface area contributed by atoms with Gasteiger partial charge in [0, 0.05) is 37.0 Å². The van der Waals surface area contributed by atoms with Gasteiger partial charge in [0.1, 0.15) is 0 Å². The molecule has 9 heteroatoms. The number of rotatable bonds is 9. The fraction of sp³-hybridized carbons (Fsp3) is 0.556. The molecule has 1 saturated heterocycles. The van der Waals surface area contributed by atoms with Crippen LogP contribution in [-0.2, 0) is 19.6 Å². The lowest BCUT2D eigenvalue weighted by molar-refractivity contribution is -0.137. The third-order valence-electron chi connectivity index (χ3n) is 4.64. The van der Waals surface area contributed by atoms with Crippen molar-refractivity contribution >= 4 is 33.5 Å². The van der Waals surface area contributed by atoms with E-state index in [1.807, 2.05) is 0 Å². The minimum atomic E-state index is -3.57. The molecule has 0 spiro atoms. The Morgan fingerprint density at radius 1 is 1.11 bits per heavy atom. The van der Waals surface area contributed by atoms with Crippen LogP contribution in [0.5, 0.6) is 0 Å². The van der Waals surface area contributed by atoms with Gasteiger partial charge in [-0.2, -0.15) is 4.31 Å². The van der Waals surface area contributed by atoms with Crippen LogP contribution in [0.15, 0.2) is 29.2 Å². The summed E-state index contributed by atoms with van der Waals surface area (Å²) in [6.07, 6.45) is 3.21. The molecule has 0 radical (unpaired) electrons. The normalized spacial score (nSPS) is 16.2. The standard InChI is InChI=1S/C18H25ClN2O5S/c19-15-5-7-16(8-6-15)27(25,26)21-12-9-14(10-13-21)18(24)20-11-3-1-2-4-17(22)23/h5-8,14H,1-4,9-13H2,(H,20,24)(H,22,23). The van der Waals surface area contributed by atoms with E-state index in [0.29, 0.717) is 43.9 Å². The number of amides is 1. The van der Waals surface area contributed by atoms with E-state index in [1.54, 1.807) is 12.1 Å². The second-order valence-electron chi connectivity index (χ2n) is 6.63. The van der Waals surface area contributed by atoms with Crippen molar-refractivity contribution in [3.8, 4) is 0 Å². The highest BCUT2D eigenvalue weighted by Crippen LogP contribution is 2.24. The quantitative estimate of drug-likeness (QED) is 0.602. The molecule has 2 rings (SSSR count). The van der Waals surface area contributed by atoms with Crippen molar-refractivity contribution in [3.63, 3.8) is 0 Å². The summed E-state index contributed by atoms with van der Waals surface area (Å²) in [6, 6.07) is 6.07. The first kappa shape index (κ1) is 21.7. The number of carbonyl (C=O) groups excluding carboxylic acids is 1. The van der Waals surface area contributed by atoms with Crippen LogP contribution >= 0.6 is 11.6 Å². The van der Waals surface area contributed by atoms with Gasteiger partial charge in [-0.15, -0.1) is 0 Å². The number of hydrogen-bond acceptors (Lipinski definition) is 4. The second kappa shape index (κ2) is 10.1. The monoisotopic (exact) mass is 416 g/mol. The third kappa shape index (κ3) is 6.48. The summed E-state index contributed by atoms with van der Waals surface area (Å²) >= 11 is 5.81. The van der Waals surface area contributed by atoms with Crippen molar-refractivity contribution in [2.75, 3.05) is 19.6 Å². The Kier molecular flexibility index (Phi) is 8.07.